The molecule has 1 aromatic carbocycles. The summed E-state index contributed by atoms with van der Waals surface area (Å²) in [5.41, 5.74) is 0.0449. The van der Waals surface area contributed by atoms with Gasteiger partial charge in [-0.05, 0) is 19.1 Å². The van der Waals surface area contributed by atoms with Gasteiger partial charge in [0, 0.05) is 12.7 Å². The zero-order chi connectivity index (χ0) is 13.0. The van der Waals surface area contributed by atoms with Gasteiger partial charge in [-0.2, -0.15) is 0 Å². The maximum atomic E-state index is 10.8. The molecule has 0 amide bonds. The van der Waals surface area contributed by atoms with Gasteiger partial charge in [0.25, 0.3) is 0 Å². The van der Waals surface area contributed by atoms with Gasteiger partial charge in [0.15, 0.2) is 5.69 Å². The number of nitrogens with zero attached hydrogens (tertiary/aromatic N) is 2. The summed E-state index contributed by atoms with van der Waals surface area (Å²) in [4.78, 5) is 14.9. The van der Waals surface area contributed by atoms with Crippen LogP contribution in [0.2, 0.25) is 0 Å². The van der Waals surface area contributed by atoms with Crippen LogP contribution in [0.3, 0.4) is 0 Å². The zero-order valence-electron chi connectivity index (χ0n) is 10.0. The molecule has 5 nitrogen and oxygen atoms in total. The van der Waals surface area contributed by atoms with Crippen molar-refractivity contribution in [2.75, 3.05) is 0 Å². The monoisotopic (exact) mass is 246 g/mol. The molecule has 0 bridgehead atoms. The van der Waals surface area contributed by atoms with Crippen molar-refractivity contribution in [1.82, 2.24) is 9.55 Å². The van der Waals surface area contributed by atoms with E-state index in [4.69, 9.17) is 9.84 Å². The Labute approximate surface area is 105 Å². The minimum absolute atomic E-state index is 0.0449. The molecule has 0 atom stereocenters. The molecule has 5 heteroatoms. The molecule has 0 fully saturated rings. The van der Waals surface area contributed by atoms with Gasteiger partial charge < -0.3 is 14.4 Å². The molecule has 1 heterocycles. The smallest absolute Gasteiger partial charge is 0.356 e. The van der Waals surface area contributed by atoms with E-state index in [1.807, 2.05) is 37.3 Å². The van der Waals surface area contributed by atoms with Crippen molar-refractivity contribution >= 4 is 5.97 Å². The summed E-state index contributed by atoms with van der Waals surface area (Å²) in [6.07, 6.45) is 1.52. The molecule has 1 aromatic heterocycles. The molecule has 18 heavy (non-hydrogen) atoms. The Kier molecular flexibility index (Phi) is 3.62. The fraction of sp³-hybridized carbons (Fsp3) is 0.231. The predicted molar refractivity (Wildman–Crippen MR) is 65.6 cm³/mol. The van der Waals surface area contributed by atoms with Crippen LogP contribution in [-0.4, -0.2) is 20.6 Å². The second kappa shape index (κ2) is 5.35. The van der Waals surface area contributed by atoms with E-state index in [9.17, 15) is 4.79 Å². The quantitative estimate of drug-likeness (QED) is 0.878. The summed E-state index contributed by atoms with van der Waals surface area (Å²) in [5.74, 6) is 0.321. The SMILES string of the molecule is CCn1cc(C(=O)O)nc1COc1ccccc1. The number of carboxylic acids is 1. The number of aromatic nitrogens is 2. The van der Waals surface area contributed by atoms with Crippen molar-refractivity contribution in [2.45, 2.75) is 20.1 Å². The third-order valence-corrected chi connectivity index (χ3v) is 2.53. The molecule has 0 spiro atoms. The Hall–Kier alpha value is -2.30. The number of imidazole rings is 1. The molecule has 94 valence electrons. The molecule has 0 aliphatic heterocycles. The lowest BCUT2D eigenvalue weighted by molar-refractivity contribution is 0.0690. The maximum absolute atomic E-state index is 10.8. The van der Waals surface area contributed by atoms with Gasteiger partial charge in [0.2, 0.25) is 0 Å². The Balaban J connectivity index is 2.11. The number of carboxylic acid groups (broad SMARTS) is 1. The molecular formula is C13H14N2O3. The number of aryl methyl sites for hydroxylation is 1. The molecule has 0 aliphatic carbocycles. The summed E-state index contributed by atoms with van der Waals surface area (Å²) in [7, 11) is 0. The lowest BCUT2D eigenvalue weighted by atomic mass is 10.3. The normalized spacial score (nSPS) is 10.3. The fourth-order valence-corrected chi connectivity index (χ4v) is 1.61. The first-order valence-electron chi connectivity index (χ1n) is 5.68. The van der Waals surface area contributed by atoms with E-state index in [1.165, 1.54) is 6.20 Å². The van der Waals surface area contributed by atoms with E-state index in [2.05, 4.69) is 4.98 Å². The average molecular weight is 246 g/mol. The molecule has 0 saturated heterocycles. The lowest BCUT2D eigenvalue weighted by Crippen LogP contribution is -2.05. The van der Waals surface area contributed by atoms with Gasteiger partial charge in [-0.15, -0.1) is 0 Å². The van der Waals surface area contributed by atoms with Crippen molar-refractivity contribution in [3.63, 3.8) is 0 Å². The Morgan fingerprint density at radius 3 is 2.72 bits per heavy atom. The van der Waals surface area contributed by atoms with Crippen LogP contribution < -0.4 is 4.74 Å². The van der Waals surface area contributed by atoms with E-state index >= 15 is 0 Å². The largest absolute Gasteiger partial charge is 0.486 e. The third kappa shape index (κ3) is 2.68. The first-order valence-corrected chi connectivity index (χ1v) is 5.68. The van der Waals surface area contributed by atoms with E-state index in [0.717, 1.165) is 5.75 Å². The third-order valence-electron chi connectivity index (χ3n) is 2.53. The minimum Gasteiger partial charge on any atom is -0.486 e. The first-order chi connectivity index (χ1) is 8.70. The number of aromatic carboxylic acids is 1. The molecule has 2 rings (SSSR count). The van der Waals surface area contributed by atoms with Crippen LogP contribution in [0.15, 0.2) is 36.5 Å². The molecule has 0 unspecified atom stereocenters. The highest BCUT2D eigenvalue weighted by atomic mass is 16.5. The van der Waals surface area contributed by atoms with Crippen LogP contribution in [-0.2, 0) is 13.2 Å². The highest BCUT2D eigenvalue weighted by molar-refractivity contribution is 5.85. The van der Waals surface area contributed by atoms with Crippen molar-refractivity contribution in [3.8, 4) is 5.75 Å². The minimum atomic E-state index is -1.02. The van der Waals surface area contributed by atoms with Crippen LogP contribution in [0.25, 0.3) is 0 Å². The molecule has 0 saturated carbocycles. The number of ether oxygens (including phenoxy) is 1. The second-order valence-corrected chi connectivity index (χ2v) is 3.74. The Bertz CT molecular complexity index is 534. The van der Waals surface area contributed by atoms with Crippen molar-refractivity contribution < 1.29 is 14.6 Å². The Morgan fingerprint density at radius 2 is 2.11 bits per heavy atom. The standard InChI is InChI=1S/C13H14N2O3/c1-2-15-8-11(13(16)17)14-12(15)9-18-10-6-4-3-5-7-10/h3-8H,2,9H2,1H3,(H,16,17). The molecule has 0 aliphatic rings. The number of hydrogen-bond donors (Lipinski definition) is 1. The van der Waals surface area contributed by atoms with E-state index < -0.39 is 5.97 Å². The van der Waals surface area contributed by atoms with Gasteiger partial charge in [-0.25, -0.2) is 9.78 Å². The molecule has 2 aromatic rings. The van der Waals surface area contributed by atoms with Gasteiger partial charge in [0.1, 0.15) is 18.2 Å². The molecular weight excluding hydrogens is 232 g/mol. The van der Waals surface area contributed by atoms with Crippen molar-refractivity contribution in [3.05, 3.63) is 48.0 Å². The number of hydrogen-bond acceptors (Lipinski definition) is 3. The van der Waals surface area contributed by atoms with E-state index in [1.54, 1.807) is 4.57 Å². The van der Waals surface area contributed by atoms with Gasteiger partial charge in [-0.1, -0.05) is 18.2 Å². The number of rotatable bonds is 5. The summed E-state index contributed by atoms with van der Waals surface area (Å²) in [5, 5.41) is 8.89. The van der Waals surface area contributed by atoms with Crippen LogP contribution in [0, 0.1) is 0 Å². The summed E-state index contributed by atoms with van der Waals surface area (Å²) in [6.45, 7) is 2.85. The van der Waals surface area contributed by atoms with Crippen molar-refractivity contribution in [2.24, 2.45) is 0 Å². The summed E-state index contributed by atoms with van der Waals surface area (Å²) >= 11 is 0. The Morgan fingerprint density at radius 1 is 1.39 bits per heavy atom. The zero-order valence-corrected chi connectivity index (χ0v) is 10.0. The molecule has 0 radical (unpaired) electrons. The van der Waals surface area contributed by atoms with E-state index in [0.29, 0.717) is 12.4 Å². The van der Waals surface area contributed by atoms with Crippen LogP contribution in [0.4, 0.5) is 0 Å². The number of para-hydroxylation sites is 1. The van der Waals surface area contributed by atoms with E-state index in [-0.39, 0.29) is 12.3 Å². The van der Waals surface area contributed by atoms with Gasteiger partial charge in [0.05, 0.1) is 0 Å². The first kappa shape index (κ1) is 12.2. The van der Waals surface area contributed by atoms with Gasteiger partial charge >= 0.3 is 5.97 Å². The fourth-order valence-electron chi connectivity index (χ4n) is 1.61. The van der Waals surface area contributed by atoms with Crippen LogP contribution >= 0.6 is 0 Å². The average Bonchev–Trinajstić information content (AvgIpc) is 2.81. The topological polar surface area (TPSA) is 64.4 Å². The van der Waals surface area contributed by atoms with Crippen molar-refractivity contribution in [1.29, 1.82) is 0 Å². The lowest BCUT2D eigenvalue weighted by Gasteiger charge is -2.06. The number of carbonyl (C=O) groups is 1. The maximum Gasteiger partial charge on any atom is 0.356 e. The summed E-state index contributed by atoms with van der Waals surface area (Å²) < 4.78 is 7.32. The van der Waals surface area contributed by atoms with Crippen LogP contribution in [0.1, 0.15) is 23.2 Å². The number of benzene rings is 1. The second-order valence-electron chi connectivity index (χ2n) is 3.74. The predicted octanol–water partition coefficient (Wildman–Crippen LogP) is 2.18. The summed E-state index contributed by atoms with van der Waals surface area (Å²) in [6, 6.07) is 9.35. The van der Waals surface area contributed by atoms with Gasteiger partial charge in [-0.3, -0.25) is 0 Å². The highest BCUT2D eigenvalue weighted by Gasteiger charge is 2.12. The van der Waals surface area contributed by atoms with Crippen LogP contribution in [0.5, 0.6) is 5.75 Å². The highest BCUT2D eigenvalue weighted by Crippen LogP contribution is 2.12. The molecule has 1 N–H and O–H groups in total.